The zero-order valence-corrected chi connectivity index (χ0v) is 11.9. The lowest BCUT2D eigenvalue weighted by Gasteiger charge is -2.31. The number of hydrogen-bond acceptors (Lipinski definition) is 2. The van der Waals surface area contributed by atoms with Crippen LogP contribution in [0.25, 0.3) is 0 Å². The Morgan fingerprint density at radius 2 is 1.75 bits per heavy atom. The van der Waals surface area contributed by atoms with Crippen LogP contribution in [0.15, 0.2) is 0 Å². The van der Waals surface area contributed by atoms with Crippen molar-refractivity contribution in [3.63, 3.8) is 0 Å². The molecule has 1 N–H and O–H groups in total. The molecule has 0 rings (SSSR count). The first-order valence-corrected chi connectivity index (χ1v) is 6.82. The summed E-state index contributed by atoms with van der Waals surface area (Å²) < 4.78 is 5.72. The Morgan fingerprint density at radius 3 is 2.19 bits per heavy atom. The summed E-state index contributed by atoms with van der Waals surface area (Å²) in [7, 11) is 2.04. The first kappa shape index (κ1) is 15.9. The van der Waals surface area contributed by atoms with Crippen LogP contribution in [0.5, 0.6) is 0 Å². The van der Waals surface area contributed by atoms with Gasteiger partial charge in [-0.2, -0.15) is 0 Å². The normalized spacial score (nSPS) is 12.4. The van der Waals surface area contributed by atoms with Crippen molar-refractivity contribution in [2.75, 3.05) is 26.8 Å². The molecule has 0 aromatic carbocycles. The number of rotatable bonds is 10. The van der Waals surface area contributed by atoms with Crippen LogP contribution in [-0.2, 0) is 4.74 Å². The predicted octanol–water partition coefficient (Wildman–Crippen LogP) is 3.47. The van der Waals surface area contributed by atoms with E-state index in [0.29, 0.717) is 5.41 Å². The van der Waals surface area contributed by atoms with Gasteiger partial charge in [-0.05, 0) is 44.1 Å². The Morgan fingerprint density at radius 1 is 1.12 bits per heavy atom. The monoisotopic (exact) mass is 229 g/mol. The highest BCUT2D eigenvalue weighted by Crippen LogP contribution is 2.29. The molecule has 2 nitrogen and oxygen atoms in total. The van der Waals surface area contributed by atoms with E-state index in [4.69, 9.17) is 4.74 Å². The molecule has 0 saturated carbocycles. The van der Waals surface area contributed by atoms with Crippen molar-refractivity contribution >= 4 is 0 Å². The first-order valence-electron chi connectivity index (χ1n) is 6.82. The molecule has 98 valence electrons. The molecule has 0 fully saturated rings. The smallest absolute Gasteiger partial charge is 0.0471 e. The van der Waals surface area contributed by atoms with Crippen LogP contribution < -0.4 is 5.32 Å². The lowest BCUT2D eigenvalue weighted by molar-refractivity contribution is 0.0824. The third kappa shape index (κ3) is 6.49. The zero-order chi connectivity index (χ0) is 12.4. The third-order valence-corrected chi connectivity index (χ3v) is 3.67. The average molecular weight is 229 g/mol. The first-order chi connectivity index (χ1) is 7.60. The molecule has 0 radical (unpaired) electrons. The van der Waals surface area contributed by atoms with Crippen LogP contribution in [0, 0.1) is 11.3 Å². The van der Waals surface area contributed by atoms with Crippen molar-refractivity contribution in [3.05, 3.63) is 0 Å². The molecule has 0 saturated heterocycles. The summed E-state index contributed by atoms with van der Waals surface area (Å²) in [4.78, 5) is 0. The van der Waals surface area contributed by atoms with E-state index in [2.05, 4.69) is 33.0 Å². The molecule has 2 heteroatoms. The van der Waals surface area contributed by atoms with Gasteiger partial charge in [0.1, 0.15) is 0 Å². The molecule has 0 heterocycles. The second-order valence-corrected chi connectivity index (χ2v) is 5.28. The molecule has 0 aromatic heterocycles. The maximum absolute atomic E-state index is 5.72. The van der Waals surface area contributed by atoms with Gasteiger partial charge in [0.2, 0.25) is 0 Å². The fourth-order valence-corrected chi connectivity index (χ4v) is 2.03. The summed E-state index contributed by atoms with van der Waals surface area (Å²) in [5, 5.41) is 3.31. The van der Waals surface area contributed by atoms with Gasteiger partial charge < -0.3 is 10.1 Å². The Hall–Kier alpha value is -0.0800. The molecular formula is C14H31NO. The van der Waals surface area contributed by atoms with Gasteiger partial charge in [-0.1, -0.05) is 27.7 Å². The van der Waals surface area contributed by atoms with Crippen LogP contribution >= 0.6 is 0 Å². The SMILES string of the molecule is CCC(CC)(CCOCCC(C)C)CNC. The van der Waals surface area contributed by atoms with Crippen molar-refractivity contribution in [1.82, 2.24) is 5.32 Å². The van der Waals surface area contributed by atoms with Crippen molar-refractivity contribution in [1.29, 1.82) is 0 Å². The summed E-state index contributed by atoms with van der Waals surface area (Å²) in [6, 6.07) is 0. The molecule has 0 aliphatic rings. The maximum atomic E-state index is 5.72. The second kappa shape index (κ2) is 9.00. The summed E-state index contributed by atoms with van der Waals surface area (Å²) in [6.07, 6.45) is 4.83. The van der Waals surface area contributed by atoms with Crippen LogP contribution in [0.3, 0.4) is 0 Å². The standard InChI is InChI=1S/C14H31NO/c1-6-14(7-2,12-15-5)9-11-16-10-8-13(3)4/h13,15H,6-12H2,1-5H3. The van der Waals surface area contributed by atoms with Gasteiger partial charge in [0.25, 0.3) is 0 Å². The Balaban J connectivity index is 3.75. The van der Waals surface area contributed by atoms with Crippen molar-refractivity contribution in [3.8, 4) is 0 Å². The van der Waals surface area contributed by atoms with E-state index in [1.807, 2.05) is 7.05 Å². The van der Waals surface area contributed by atoms with Crippen molar-refractivity contribution in [2.24, 2.45) is 11.3 Å². The highest BCUT2D eigenvalue weighted by molar-refractivity contribution is 4.78. The predicted molar refractivity (Wildman–Crippen MR) is 71.8 cm³/mol. The molecule has 0 atom stereocenters. The fourth-order valence-electron chi connectivity index (χ4n) is 2.03. The van der Waals surface area contributed by atoms with Crippen LogP contribution in [0.1, 0.15) is 53.4 Å². The van der Waals surface area contributed by atoms with Gasteiger partial charge in [-0.25, -0.2) is 0 Å². The van der Waals surface area contributed by atoms with Gasteiger partial charge in [-0.15, -0.1) is 0 Å². The molecule has 0 aliphatic heterocycles. The number of hydrogen-bond donors (Lipinski definition) is 1. The molecule has 16 heavy (non-hydrogen) atoms. The van der Waals surface area contributed by atoms with E-state index in [9.17, 15) is 0 Å². The minimum absolute atomic E-state index is 0.437. The highest BCUT2D eigenvalue weighted by atomic mass is 16.5. The molecule has 0 unspecified atom stereocenters. The molecule has 0 aliphatic carbocycles. The van der Waals surface area contributed by atoms with Gasteiger partial charge in [-0.3, -0.25) is 0 Å². The van der Waals surface area contributed by atoms with Gasteiger partial charge in [0.15, 0.2) is 0 Å². The van der Waals surface area contributed by atoms with Gasteiger partial charge in [0.05, 0.1) is 0 Å². The zero-order valence-electron chi connectivity index (χ0n) is 11.9. The van der Waals surface area contributed by atoms with Crippen LogP contribution in [0.2, 0.25) is 0 Å². The Labute approximate surface area is 102 Å². The lowest BCUT2D eigenvalue weighted by atomic mass is 9.79. The number of ether oxygens (including phenoxy) is 1. The lowest BCUT2D eigenvalue weighted by Crippen LogP contribution is -2.32. The Bertz CT molecular complexity index is 153. The largest absolute Gasteiger partial charge is 0.381 e. The maximum Gasteiger partial charge on any atom is 0.0471 e. The second-order valence-electron chi connectivity index (χ2n) is 5.28. The summed E-state index contributed by atoms with van der Waals surface area (Å²) in [5.74, 6) is 0.749. The van der Waals surface area contributed by atoms with Crippen molar-refractivity contribution < 1.29 is 4.74 Å². The molecule has 0 spiro atoms. The van der Waals surface area contributed by atoms with E-state index in [1.54, 1.807) is 0 Å². The van der Waals surface area contributed by atoms with Gasteiger partial charge in [0, 0.05) is 19.8 Å². The molecular weight excluding hydrogens is 198 g/mol. The highest BCUT2D eigenvalue weighted by Gasteiger charge is 2.24. The fraction of sp³-hybridized carbons (Fsp3) is 1.00. The van der Waals surface area contributed by atoms with E-state index in [1.165, 1.54) is 25.7 Å². The van der Waals surface area contributed by atoms with E-state index in [-0.39, 0.29) is 0 Å². The minimum atomic E-state index is 0.437. The van der Waals surface area contributed by atoms with Crippen LogP contribution in [0.4, 0.5) is 0 Å². The van der Waals surface area contributed by atoms with Crippen LogP contribution in [-0.4, -0.2) is 26.8 Å². The van der Waals surface area contributed by atoms with E-state index < -0.39 is 0 Å². The van der Waals surface area contributed by atoms with Gasteiger partial charge >= 0.3 is 0 Å². The summed E-state index contributed by atoms with van der Waals surface area (Å²) in [6.45, 7) is 12.0. The third-order valence-electron chi connectivity index (χ3n) is 3.67. The summed E-state index contributed by atoms with van der Waals surface area (Å²) >= 11 is 0. The Kier molecular flexibility index (Phi) is 8.96. The van der Waals surface area contributed by atoms with E-state index >= 15 is 0 Å². The minimum Gasteiger partial charge on any atom is -0.381 e. The quantitative estimate of drug-likeness (QED) is 0.579. The van der Waals surface area contributed by atoms with Crippen molar-refractivity contribution in [2.45, 2.75) is 53.4 Å². The number of nitrogens with one attached hydrogen (secondary N) is 1. The topological polar surface area (TPSA) is 21.3 Å². The molecule has 0 amide bonds. The molecule has 0 aromatic rings. The average Bonchev–Trinajstić information content (AvgIpc) is 2.27. The van der Waals surface area contributed by atoms with E-state index in [0.717, 1.165) is 25.7 Å². The molecule has 0 bridgehead atoms. The summed E-state index contributed by atoms with van der Waals surface area (Å²) in [5.41, 5.74) is 0.437.